The van der Waals surface area contributed by atoms with Crippen LogP contribution in [0.25, 0.3) is 0 Å². The predicted octanol–water partition coefficient (Wildman–Crippen LogP) is -0.236. The molecule has 0 aliphatic rings. The second kappa shape index (κ2) is 5.45. The maximum absolute atomic E-state index is 11.0. The number of aliphatic hydroxyl groups excluding tert-OH is 1. The van der Waals surface area contributed by atoms with Gasteiger partial charge in [-0.05, 0) is 6.42 Å². The Morgan fingerprint density at radius 2 is 2.47 bits per heavy atom. The summed E-state index contributed by atoms with van der Waals surface area (Å²) in [5, 5.41) is 13.4. The van der Waals surface area contributed by atoms with Crippen LogP contribution >= 0.6 is 0 Å². The van der Waals surface area contributed by atoms with E-state index in [1.165, 1.54) is 13.4 Å². The number of nitrogens with zero attached hydrogens (tertiary/aromatic N) is 3. The summed E-state index contributed by atoms with van der Waals surface area (Å²) in [6, 6.07) is 0. The molecule has 1 aromatic heterocycles. The molecular formula is C9H15N3O3. The van der Waals surface area contributed by atoms with E-state index in [2.05, 4.69) is 14.8 Å². The Labute approximate surface area is 87.9 Å². The van der Waals surface area contributed by atoms with Crippen LogP contribution in [0.3, 0.4) is 0 Å². The van der Waals surface area contributed by atoms with Gasteiger partial charge < -0.3 is 9.84 Å². The van der Waals surface area contributed by atoms with Gasteiger partial charge in [-0.25, -0.2) is 9.78 Å². The monoisotopic (exact) mass is 213 g/mol. The van der Waals surface area contributed by atoms with Gasteiger partial charge in [0.2, 0.25) is 0 Å². The molecule has 1 heterocycles. The number of ether oxygens (including phenoxy) is 1. The molecule has 6 heteroatoms. The number of carbonyl (C=O) groups is 1. The highest BCUT2D eigenvalue weighted by atomic mass is 16.5. The Hall–Kier alpha value is -1.43. The van der Waals surface area contributed by atoms with E-state index in [1.807, 2.05) is 6.92 Å². The Morgan fingerprint density at radius 1 is 1.73 bits per heavy atom. The van der Waals surface area contributed by atoms with Crippen LogP contribution in [0.15, 0.2) is 6.33 Å². The van der Waals surface area contributed by atoms with Gasteiger partial charge in [0, 0.05) is 13.0 Å². The topological polar surface area (TPSA) is 77.2 Å². The van der Waals surface area contributed by atoms with E-state index in [9.17, 15) is 9.90 Å². The molecule has 1 aromatic rings. The number of aryl methyl sites for hydroxylation is 1. The molecule has 0 amide bonds. The number of carbonyl (C=O) groups excluding carboxylic acids is 1. The zero-order valence-electron chi connectivity index (χ0n) is 8.88. The Kier molecular flexibility index (Phi) is 4.23. The molecule has 15 heavy (non-hydrogen) atoms. The second-order valence-electron chi connectivity index (χ2n) is 3.14. The summed E-state index contributed by atoms with van der Waals surface area (Å²) in [6.07, 6.45) is 1.29. The minimum atomic E-state index is -1.17. The largest absolute Gasteiger partial charge is 0.467 e. The summed E-state index contributed by atoms with van der Waals surface area (Å²) < 4.78 is 6.09. The first-order chi connectivity index (χ1) is 7.19. The molecule has 0 aromatic carbocycles. The van der Waals surface area contributed by atoms with Gasteiger partial charge in [0.05, 0.1) is 7.11 Å². The number of methoxy groups -OCH3 is 1. The summed E-state index contributed by atoms with van der Waals surface area (Å²) in [5.41, 5.74) is 0. The van der Waals surface area contributed by atoms with Gasteiger partial charge in [-0.1, -0.05) is 6.92 Å². The van der Waals surface area contributed by atoms with Crippen molar-refractivity contribution < 1.29 is 14.6 Å². The third-order valence-electron chi connectivity index (χ3n) is 1.98. The quantitative estimate of drug-likeness (QED) is 0.683. The second-order valence-corrected chi connectivity index (χ2v) is 3.14. The first kappa shape index (κ1) is 11.6. The van der Waals surface area contributed by atoms with Crippen molar-refractivity contribution in [2.24, 2.45) is 0 Å². The van der Waals surface area contributed by atoms with E-state index in [1.54, 1.807) is 4.68 Å². The van der Waals surface area contributed by atoms with Gasteiger partial charge in [0.1, 0.15) is 12.2 Å². The first-order valence-electron chi connectivity index (χ1n) is 4.81. The minimum Gasteiger partial charge on any atom is -0.467 e. The Balaban J connectivity index is 2.63. The van der Waals surface area contributed by atoms with Gasteiger partial charge in [-0.3, -0.25) is 4.68 Å². The van der Waals surface area contributed by atoms with E-state index >= 15 is 0 Å². The number of hydrogen-bond acceptors (Lipinski definition) is 5. The van der Waals surface area contributed by atoms with Crippen LogP contribution in [0.5, 0.6) is 0 Å². The fourth-order valence-electron chi connectivity index (χ4n) is 1.24. The van der Waals surface area contributed by atoms with Crippen LogP contribution < -0.4 is 0 Å². The molecule has 6 nitrogen and oxygen atoms in total. The molecule has 0 aliphatic carbocycles. The molecule has 0 saturated heterocycles. The normalized spacial score (nSPS) is 12.5. The molecule has 0 aliphatic heterocycles. The molecule has 0 spiro atoms. The summed E-state index contributed by atoms with van der Waals surface area (Å²) >= 11 is 0. The molecule has 0 fully saturated rings. The van der Waals surface area contributed by atoms with Gasteiger partial charge in [-0.2, -0.15) is 5.10 Å². The predicted molar refractivity (Wildman–Crippen MR) is 52.0 cm³/mol. The van der Waals surface area contributed by atoms with Crippen LogP contribution in [0.1, 0.15) is 19.2 Å². The van der Waals surface area contributed by atoms with E-state index < -0.39 is 12.1 Å². The Morgan fingerprint density at radius 3 is 3.07 bits per heavy atom. The van der Waals surface area contributed by atoms with Crippen molar-refractivity contribution >= 4 is 5.97 Å². The highest BCUT2D eigenvalue weighted by molar-refractivity contribution is 5.74. The van der Waals surface area contributed by atoms with Crippen molar-refractivity contribution in [3.05, 3.63) is 12.2 Å². The number of aromatic nitrogens is 3. The van der Waals surface area contributed by atoms with Gasteiger partial charge in [-0.15, -0.1) is 0 Å². The van der Waals surface area contributed by atoms with Crippen LogP contribution in [0.4, 0.5) is 0 Å². The van der Waals surface area contributed by atoms with Crippen LogP contribution in [-0.2, 0) is 22.5 Å². The van der Waals surface area contributed by atoms with Crippen LogP contribution in [0, 0.1) is 0 Å². The zero-order valence-corrected chi connectivity index (χ0v) is 8.88. The maximum atomic E-state index is 11.0. The average Bonchev–Trinajstić information content (AvgIpc) is 2.65. The van der Waals surface area contributed by atoms with Crippen molar-refractivity contribution in [1.82, 2.24) is 14.8 Å². The van der Waals surface area contributed by atoms with E-state index in [4.69, 9.17) is 0 Å². The van der Waals surface area contributed by atoms with Crippen LogP contribution in [-0.4, -0.2) is 39.1 Å². The Bertz CT molecular complexity index is 324. The smallest absolute Gasteiger partial charge is 0.335 e. The molecule has 0 saturated carbocycles. The highest BCUT2D eigenvalue weighted by Crippen LogP contribution is 2.02. The number of rotatable bonds is 5. The lowest BCUT2D eigenvalue weighted by atomic mass is 10.2. The minimum absolute atomic E-state index is 0.132. The summed E-state index contributed by atoms with van der Waals surface area (Å²) in [4.78, 5) is 15.0. The van der Waals surface area contributed by atoms with E-state index in [-0.39, 0.29) is 6.42 Å². The van der Waals surface area contributed by atoms with Crippen molar-refractivity contribution in [1.29, 1.82) is 0 Å². The van der Waals surface area contributed by atoms with Crippen molar-refractivity contribution in [2.75, 3.05) is 7.11 Å². The highest BCUT2D eigenvalue weighted by Gasteiger charge is 2.18. The fourth-order valence-corrected chi connectivity index (χ4v) is 1.24. The van der Waals surface area contributed by atoms with Gasteiger partial charge in [0.15, 0.2) is 6.10 Å². The lowest BCUT2D eigenvalue weighted by Gasteiger charge is -2.08. The first-order valence-corrected chi connectivity index (χ1v) is 4.81. The van der Waals surface area contributed by atoms with Crippen LogP contribution in [0.2, 0.25) is 0 Å². The number of esters is 1. The lowest BCUT2D eigenvalue weighted by molar-refractivity contribution is -0.150. The van der Waals surface area contributed by atoms with Crippen molar-refractivity contribution in [3.8, 4) is 0 Å². The third kappa shape index (κ3) is 3.02. The fraction of sp³-hybridized carbons (Fsp3) is 0.667. The van der Waals surface area contributed by atoms with E-state index in [0.29, 0.717) is 5.82 Å². The van der Waals surface area contributed by atoms with Gasteiger partial charge in [0.25, 0.3) is 0 Å². The molecule has 84 valence electrons. The molecule has 0 bridgehead atoms. The molecule has 1 rings (SSSR count). The SMILES string of the molecule is CCCn1ncnc1CC(O)C(=O)OC. The summed E-state index contributed by atoms with van der Waals surface area (Å²) in [5.74, 6) is -0.0594. The summed E-state index contributed by atoms with van der Waals surface area (Å²) in [6.45, 7) is 2.74. The molecular weight excluding hydrogens is 198 g/mol. The van der Waals surface area contributed by atoms with Gasteiger partial charge >= 0.3 is 5.97 Å². The number of aliphatic hydroxyl groups is 1. The average molecular weight is 213 g/mol. The third-order valence-corrected chi connectivity index (χ3v) is 1.98. The zero-order chi connectivity index (χ0) is 11.3. The van der Waals surface area contributed by atoms with Crippen molar-refractivity contribution in [3.63, 3.8) is 0 Å². The van der Waals surface area contributed by atoms with E-state index in [0.717, 1.165) is 13.0 Å². The molecule has 0 radical (unpaired) electrons. The molecule has 1 atom stereocenters. The molecule has 1 N–H and O–H groups in total. The molecule has 1 unspecified atom stereocenters. The lowest BCUT2D eigenvalue weighted by Crippen LogP contribution is -2.26. The number of hydrogen-bond donors (Lipinski definition) is 1. The summed E-state index contributed by atoms with van der Waals surface area (Å²) in [7, 11) is 1.24. The standard InChI is InChI=1S/C9H15N3O3/c1-3-4-12-8(10-6-11-12)5-7(13)9(14)15-2/h6-7,13H,3-5H2,1-2H3. The maximum Gasteiger partial charge on any atom is 0.335 e. The van der Waals surface area contributed by atoms with Crippen molar-refractivity contribution in [2.45, 2.75) is 32.4 Å².